The van der Waals surface area contributed by atoms with Crippen LogP contribution in [-0.4, -0.2) is 19.9 Å². The molecule has 6 nitrogen and oxygen atoms in total. The van der Waals surface area contributed by atoms with Crippen LogP contribution < -0.4 is 14.9 Å². The smallest absolute Gasteiger partial charge is 0.306 e. The molecule has 1 aromatic carbocycles. The molecule has 2 heterocycles. The Bertz CT molecular complexity index is 837. The van der Waals surface area contributed by atoms with E-state index in [1.165, 1.54) is 0 Å². The van der Waals surface area contributed by atoms with Gasteiger partial charge in [0, 0.05) is 23.6 Å². The fraction of sp³-hybridized carbons (Fsp3) is 0.308. The molecule has 0 fully saturated rings. The van der Waals surface area contributed by atoms with Crippen molar-refractivity contribution in [3.63, 3.8) is 0 Å². The van der Waals surface area contributed by atoms with E-state index < -0.39 is 10.0 Å². The summed E-state index contributed by atoms with van der Waals surface area (Å²) in [6, 6.07) is 5.43. The zero-order valence-corrected chi connectivity index (χ0v) is 13.0. The van der Waals surface area contributed by atoms with Crippen LogP contribution in [0.1, 0.15) is 17.7 Å². The van der Waals surface area contributed by atoms with Crippen molar-refractivity contribution in [1.82, 2.24) is 4.98 Å². The van der Waals surface area contributed by atoms with E-state index >= 15 is 0 Å². The first-order valence-electron chi connectivity index (χ1n) is 6.55. The monoisotopic (exact) mass is 325 g/mol. The highest BCUT2D eigenvalue weighted by atomic mass is 32.2. The Morgan fingerprint density at radius 3 is 2.86 bits per heavy atom. The zero-order valence-electron chi connectivity index (χ0n) is 11.4. The Labute approximate surface area is 126 Å². The van der Waals surface area contributed by atoms with Crippen molar-refractivity contribution in [2.24, 2.45) is 0 Å². The molecule has 0 atom stereocenters. The van der Waals surface area contributed by atoms with E-state index in [-0.39, 0.29) is 9.08 Å². The number of nitrogens with one attached hydrogen (secondary N) is 3. The lowest BCUT2D eigenvalue weighted by atomic mass is 10.0. The van der Waals surface area contributed by atoms with Crippen LogP contribution in [0.2, 0.25) is 0 Å². The molecule has 0 radical (unpaired) electrons. The Balaban J connectivity index is 1.92. The molecular formula is C13H15N3O3S2. The van der Waals surface area contributed by atoms with Gasteiger partial charge in [-0.25, -0.2) is 8.42 Å². The third-order valence-corrected chi connectivity index (χ3v) is 6.31. The predicted molar refractivity (Wildman–Crippen MR) is 83.7 cm³/mol. The number of thiazole rings is 1. The minimum atomic E-state index is -3.73. The Hall–Kier alpha value is -1.80. The SMILES string of the molecule is Cc1[nH]c(=O)sc1S(=O)(=O)Nc1ccc2c(c1)CCCN2. The maximum atomic E-state index is 12.3. The van der Waals surface area contributed by atoms with Crippen LogP contribution in [-0.2, 0) is 16.4 Å². The lowest BCUT2D eigenvalue weighted by molar-refractivity contribution is 0.602. The number of sulfonamides is 1. The van der Waals surface area contributed by atoms with Crippen LogP contribution in [0.4, 0.5) is 11.4 Å². The summed E-state index contributed by atoms with van der Waals surface area (Å²) in [7, 11) is -3.73. The summed E-state index contributed by atoms with van der Waals surface area (Å²) < 4.78 is 27.2. The van der Waals surface area contributed by atoms with E-state index in [1.807, 2.05) is 12.1 Å². The summed E-state index contributed by atoms with van der Waals surface area (Å²) in [5.74, 6) is 0. The molecule has 0 spiro atoms. The molecule has 21 heavy (non-hydrogen) atoms. The quantitative estimate of drug-likeness (QED) is 0.804. The number of hydrogen-bond acceptors (Lipinski definition) is 5. The number of anilines is 2. The van der Waals surface area contributed by atoms with Gasteiger partial charge in [0.15, 0.2) is 4.21 Å². The molecule has 112 valence electrons. The summed E-state index contributed by atoms with van der Waals surface area (Å²) in [6.45, 7) is 2.51. The van der Waals surface area contributed by atoms with Gasteiger partial charge < -0.3 is 10.3 Å². The Kier molecular flexibility index (Phi) is 3.50. The number of fused-ring (bicyclic) bond motifs is 1. The number of rotatable bonds is 3. The van der Waals surface area contributed by atoms with Crippen molar-refractivity contribution in [3.05, 3.63) is 39.1 Å². The first kappa shape index (κ1) is 14.2. The average Bonchev–Trinajstić information content (AvgIpc) is 2.78. The van der Waals surface area contributed by atoms with Gasteiger partial charge in [-0.2, -0.15) is 0 Å². The number of hydrogen-bond donors (Lipinski definition) is 3. The molecular weight excluding hydrogens is 310 g/mol. The van der Waals surface area contributed by atoms with Crippen LogP contribution in [0.15, 0.2) is 27.2 Å². The van der Waals surface area contributed by atoms with Crippen LogP contribution in [0.3, 0.4) is 0 Å². The largest absolute Gasteiger partial charge is 0.385 e. The van der Waals surface area contributed by atoms with E-state index in [0.29, 0.717) is 22.7 Å². The van der Waals surface area contributed by atoms with Gasteiger partial charge in [-0.1, -0.05) is 11.3 Å². The summed E-state index contributed by atoms with van der Waals surface area (Å²) in [6.07, 6.45) is 1.95. The number of H-pyrrole nitrogens is 1. The number of aromatic amines is 1. The molecule has 0 saturated heterocycles. The van der Waals surface area contributed by atoms with Crippen molar-refractivity contribution in [2.45, 2.75) is 24.0 Å². The van der Waals surface area contributed by atoms with Crippen molar-refractivity contribution in [3.8, 4) is 0 Å². The summed E-state index contributed by atoms with van der Waals surface area (Å²) >= 11 is 0.695. The second-order valence-electron chi connectivity index (χ2n) is 4.93. The van der Waals surface area contributed by atoms with Crippen molar-refractivity contribution >= 4 is 32.7 Å². The average molecular weight is 325 g/mol. The molecule has 1 aromatic heterocycles. The summed E-state index contributed by atoms with van der Waals surface area (Å²) in [5.41, 5.74) is 3.02. The minimum Gasteiger partial charge on any atom is -0.385 e. The first-order chi connectivity index (χ1) is 9.95. The summed E-state index contributed by atoms with van der Waals surface area (Å²) in [4.78, 5) is 13.4. The van der Waals surface area contributed by atoms with Gasteiger partial charge in [-0.3, -0.25) is 9.52 Å². The summed E-state index contributed by atoms with van der Waals surface area (Å²) in [5, 5.41) is 3.28. The van der Waals surface area contributed by atoms with Gasteiger partial charge in [0.2, 0.25) is 0 Å². The maximum absolute atomic E-state index is 12.3. The van der Waals surface area contributed by atoms with E-state index in [0.717, 1.165) is 30.6 Å². The third-order valence-electron chi connectivity index (χ3n) is 3.32. The third kappa shape index (κ3) is 2.81. The Morgan fingerprint density at radius 2 is 2.14 bits per heavy atom. The van der Waals surface area contributed by atoms with Crippen LogP contribution in [0.25, 0.3) is 0 Å². The van der Waals surface area contributed by atoms with E-state index in [2.05, 4.69) is 15.0 Å². The van der Waals surface area contributed by atoms with Crippen LogP contribution in [0.5, 0.6) is 0 Å². The van der Waals surface area contributed by atoms with Gasteiger partial charge in [0.1, 0.15) is 0 Å². The second-order valence-corrected chi connectivity index (χ2v) is 7.80. The molecule has 0 saturated carbocycles. The molecule has 1 aliphatic rings. The number of benzene rings is 1. The first-order valence-corrected chi connectivity index (χ1v) is 8.85. The van der Waals surface area contributed by atoms with Gasteiger partial charge in [-0.15, -0.1) is 0 Å². The Morgan fingerprint density at radius 1 is 1.33 bits per heavy atom. The fourth-order valence-corrected chi connectivity index (χ4v) is 4.74. The van der Waals surface area contributed by atoms with Gasteiger partial charge in [0.05, 0.1) is 0 Å². The van der Waals surface area contributed by atoms with E-state index in [1.54, 1.807) is 13.0 Å². The molecule has 3 rings (SSSR count). The molecule has 1 aliphatic heterocycles. The number of aryl methyl sites for hydroxylation is 2. The molecule has 3 N–H and O–H groups in total. The highest BCUT2D eigenvalue weighted by molar-refractivity contribution is 7.94. The van der Waals surface area contributed by atoms with Gasteiger partial charge in [0.25, 0.3) is 10.0 Å². The molecule has 2 aromatic rings. The molecule has 0 unspecified atom stereocenters. The van der Waals surface area contributed by atoms with E-state index in [9.17, 15) is 13.2 Å². The van der Waals surface area contributed by atoms with Gasteiger partial charge in [-0.05, 0) is 43.5 Å². The normalized spacial score (nSPS) is 14.3. The topological polar surface area (TPSA) is 91.1 Å². The fourth-order valence-electron chi connectivity index (χ4n) is 2.39. The maximum Gasteiger partial charge on any atom is 0.306 e. The standard InChI is InChI=1S/C13H15N3O3S2/c1-8-12(20-13(17)15-8)21(18,19)16-10-4-5-11-9(7-10)3-2-6-14-11/h4-5,7,14,16H,2-3,6H2,1H3,(H,15,17). The zero-order chi connectivity index (χ0) is 15.0. The molecule has 8 heteroatoms. The van der Waals surface area contributed by atoms with Crippen LogP contribution >= 0.6 is 11.3 Å². The van der Waals surface area contributed by atoms with Crippen molar-refractivity contribution < 1.29 is 8.42 Å². The minimum absolute atomic E-state index is 0.0309. The predicted octanol–water partition coefficient (Wildman–Crippen LogP) is 1.90. The molecule has 0 aliphatic carbocycles. The second kappa shape index (κ2) is 5.19. The lowest BCUT2D eigenvalue weighted by Crippen LogP contribution is -2.15. The van der Waals surface area contributed by atoms with Crippen molar-refractivity contribution in [2.75, 3.05) is 16.6 Å². The molecule has 0 amide bonds. The molecule has 0 bridgehead atoms. The van der Waals surface area contributed by atoms with Crippen LogP contribution in [0, 0.1) is 6.92 Å². The lowest BCUT2D eigenvalue weighted by Gasteiger charge is -2.19. The highest BCUT2D eigenvalue weighted by Gasteiger charge is 2.21. The van der Waals surface area contributed by atoms with E-state index in [4.69, 9.17) is 0 Å². The number of aromatic nitrogens is 1. The van der Waals surface area contributed by atoms with Gasteiger partial charge >= 0.3 is 4.87 Å². The van der Waals surface area contributed by atoms with Crippen molar-refractivity contribution in [1.29, 1.82) is 0 Å². The highest BCUT2D eigenvalue weighted by Crippen LogP contribution is 2.27.